The van der Waals surface area contributed by atoms with Crippen molar-refractivity contribution in [3.8, 4) is 0 Å². The van der Waals surface area contributed by atoms with Crippen LogP contribution in [0.1, 0.15) is 38.1 Å². The molecule has 0 fully saturated rings. The summed E-state index contributed by atoms with van der Waals surface area (Å²) >= 11 is 0. The maximum atomic E-state index is 5.58. The maximum absolute atomic E-state index is 5.58. The second-order valence-corrected chi connectivity index (χ2v) is 5.49. The lowest BCUT2D eigenvalue weighted by Crippen LogP contribution is -2.28. The van der Waals surface area contributed by atoms with E-state index >= 15 is 0 Å². The average Bonchev–Trinajstić information content (AvgIpc) is 2.94. The Labute approximate surface area is 115 Å². The molecule has 2 aromatic rings. The molecular weight excluding hydrogens is 234 g/mol. The SMILES string of the molecule is CC(C)C(C)CNC(c1ccccc1)c1ccco1. The Morgan fingerprint density at radius 3 is 2.32 bits per heavy atom. The summed E-state index contributed by atoms with van der Waals surface area (Å²) in [5.41, 5.74) is 1.24. The molecule has 1 aromatic heterocycles. The van der Waals surface area contributed by atoms with Gasteiger partial charge in [-0.25, -0.2) is 0 Å². The van der Waals surface area contributed by atoms with E-state index in [9.17, 15) is 0 Å². The van der Waals surface area contributed by atoms with Gasteiger partial charge < -0.3 is 9.73 Å². The molecule has 0 spiro atoms. The van der Waals surface area contributed by atoms with Crippen molar-refractivity contribution in [1.29, 1.82) is 0 Å². The Hall–Kier alpha value is -1.54. The quantitative estimate of drug-likeness (QED) is 0.837. The summed E-state index contributed by atoms with van der Waals surface area (Å²) in [7, 11) is 0. The Bertz CT molecular complexity index is 461. The van der Waals surface area contributed by atoms with Gasteiger partial charge in [-0.2, -0.15) is 0 Å². The number of hydrogen-bond donors (Lipinski definition) is 1. The lowest BCUT2D eigenvalue weighted by molar-refractivity contribution is 0.362. The van der Waals surface area contributed by atoms with Crippen LogP contribution in [0.5, 0.6) is 0 Å². The van der Waals surface area contributed by atoms with E-state index in [2.05, 4.69) is 50.4 Å². The zero-order chi connectivity index (χ0) is 13.7. The predicted octanol–water partition coefficient (Wildman–Crippen LogP) is 4.25. The highest BCUT2D eigenvalue weighted by Crippen LogP contribution is 2.23. The number of rotatable bonds is 6. The van der Waals surface area contributed by atoms with Gasteiger partial charge in [0.2, 0.25) is 0 Å². The van der Waals surface area contributed by atoms with Crippen LogP contribution >= 0.6 is 0 Å². The van der Waals surface area contributed by atoms with Crippen LogP contribution in [0.3, 0.4) is 0 Å². The minimum absolute atomic E-state index is 0.136. The van der Waals surface area contributed by atoms with Gasteiger partial charge >= 0.3 is 0 Å². The van der Waals surface area contributed by atoms with E-state index in [0.29, 0.717) is 11.8 Å². The topological polar surface area (TPSA) is 25.2 Å². The Kier molecular flexibility index (Phi) is 4.80. The number of benzene rings is 1. The number of hydrogen-bond acceptors (Lipinski definition) is 2. The summed E-state index contributed by atoms with van der Waals surface area (Å²) in [6.07, 6.45) is 1.73. The van der Waals surface area contributed by atoms with Gasteiger partial charge in [-0.3, -0.25) is 0 Å². The molecule has 1 heterocycles. The molecule has 0 saturated heterocycles. The van der Waals surface area contributed by atoms with E-state index in [4.69, 9.17) is 4.42 Å². The lowest BCUT2D eigenvalue weighted by atomic mass is 9.97. The molecule has 2 atom stereocenters. The second kappa shape index (κ2) is 6.58. The number of furan rings is 1. The third-order valence-corrected chi connectivity index (χ3v) is 3.74. The van der Waals surface area contributed by atoms with Gasteiger partial charge in [0.1, 0.15) is 5.76 Å². The zero-order valence-corrected chi connectivity index (χ0v) is 12.0. The number of nitrogens with one attached hydrogen (secondary N) is 1. The van der Waals surface area contributed by atoms with Gasteiger partial charge in [0, 0.05) is 0 Å². The molecule has 2 heteroatoms. The standard InChI is InChI=1S/C17H23NO/c1-13(2)14(3)12-18-17(16-10-7-11-19-16)15-8-5-4-6-9-15/h4-11,13-14,17-18H,12H2,1-3H3. The van der Waals surface area contributed by atoms with Crippen LogP contribution in [-0.2, 0) is 0 Å². The molecular formula is C17H23NO. The van der Waals surface area contributed by atoms with Crippen molar-refractivity contribution in [3.05, 3.63) is 60.1 Å². The maximum Gasteiger partial charge on any atom is 0.125 e. The van der Waals surface area contributed by atoms with Gasteiger partial charge in [-0.15, -0.1) is 0 Å². The van der Waals surface area contributed by atoms with E-state index in [0.717, 1.165) is 12.3 Å². The van der Waals surface area contributed by atoms with Crippen molar-refractivity contribution in [2.24, 2.45) is 11.8 Å². The summed E-state index contributed by atoms with van der Waals surface area (Å²) in [5.74, 6) is 2.30. The molecule has 0 saturated carbocycles. The van der Waals surface area contributed by atoms with E-state index in [1.165, 1.54) is 5.56 Å². The molecule has 1 N–H and O–H groups in total. The van der Waals surface area contributed by atoms with E-state index in [1.807, 2.05) is 18.2 Å². The minimum Gasteiger partial charge on any atom is -0.467 e. The average molecular weight is 257 g/mol. The molecule has 0 radical (unpaired) electrons. The second-order valence-electron chi connectivity index (χ2n) is 5.49. The highest BCUT2D eigenvalue weighted by atomic mass is 16.3. The zero-order valence-electron chi connectivity index (χ0n) is 12.0. The van der Waals surface area contributed by atoms with Crippen molar-refractivity contribution in [3.63, 3.8) is 0 Å². The highest BCUT2D eigenvalue weighted by Gasteiger charge is 2.17. The highest BCUT2D eigenvalue weighted by molar-refractivity contribution is 5.26. The summed E-state index contributed by atoms with van der Waals surface area (Å²) in [6.45, 7) is 7.79. The molecule has 0 aliphatic carbocycles. The summed E-state index contributed by atoms with van der Waals surface area (Å²) in [4.78, 5) is 0. The van der Waals surface area contributed by atoms with Crippen molar-refractivity contribution in [1.82, 2.24) is 5.32 Å². The van der Waals surface area contributed by atoms with Crippen LogP contribution in [-0.4, -0.2) is 6.54 Å². The molecule has 102 valence electrons. The van der Waals surface area contributed by atoms with Gasteiger partial charge in [0.15, 0.2) is 0 Å². The Morgan fingerprint density at radius 1 is 1.00 bits per heavy atom. The predicted molar refractivity (Wildman–Crippen MR) is 79.0 cm³/mol. The van der Waals surface area contributed by atoms with E-state index < -0.39 is 0 Å². The molecule has 2 unspecified atom stereocenters. The minimum atomic E-state index is 0.136. The lowest BCUT2D eigenvalue weighted by Gasteiger charge is -2.22. The molecule has 19 heavy (non-hydrogen) atoms. The monoisotopic (exact) mass is 257 g/mol. The van der Waals surface area contributed by atoms with Crippen LogP contribution < -0.4 is 5.32 Å². The molecule has 2 rings (SSSR count). The third-order valence-electron chi connectivity index (χ3n) is 3.74. The molecule has 0 aliphatic rings. The molecule has 0 aliphatic heterocycles. The summed E-state index contributed by atoms with van der Waals surface area (Å²) < 4.78 is 5.58. The van der Waals surface area contributed by atoms with Crippen LogP contribution in [0.2, 0.25) is 0 Å². The molecule has 1 aromatic carbocycles. The first kappa shape index (κ1) is 13.9. The summed E-state index contributed by atoms with van der Waals surface area (Å²) in [5, 5.41) is 3.63. The van der Waals surface area contributed by atoms with Crippen LogP contribution in [0.4, 0.5) is 0 Å². The van der Waals surface area contributed by atoms with Crippen molar-refractivity contribution in [2.75, 3.05) is 6.54 Å². The fourth-order valence-electron chi connectivity index (χ4n) is 2.02. The smallest absolute Gasteiger partial charge is 0.125 e. The van der Waals surface area contributed by atoms with Crippen LogP contribution in [0, 0.1) is 11.8 Å². The third kappa shape index (κ3) is 3.71. The van der Waals surface area contributed by atoms with E-state index in [1.54, 1.807) is 6.26 Å². The van der Waals surface area contributed by atoms with Crippen LogP contribution in [0.15, 0.2) is 53.1 Å². The van der Waals surface area contributed by atoms with Gasteiger partial charge in [0.25, 0.3) is 0 Å². The summed E-state index contributed by atoms with van der Waals surface area (Å²) in [6, 6.07) is 14.6. The van der Waals surface area contributed by atoms with Crippen molar-refractivity contribution >= 4 is 0 Å². The van der Waals surface area contributed by atoms with Gasteiger partial charge in [-0.1, -0.05) is 51.1 Å². The van der Waals surface area contributed by atoms with Crippen molar-refractivity contribution < 1.29 is 4.42 Å². The Morgan fingerprint density at radius 2 is 1.74 bits per heavy atom. The van der Waals surface area contributed by atoms with Crippen LogP contribution in [0.25, 0.3) is 0 Å². The largest absolute Gasteiger partial charge is 0.467 e. The first-order chi connectivity index (χ1) is 9.18. The van der Waals surface area contributed by atoms with Crippen molar-refractivity contribution in [2.45, 2.75) is 26.8 Å². The fraction of sp³-hybridized carbons (Fsp3) is 0.412. The van der Waals surface area contributed by atoms with E-state index in [-0.39, 0.29) is 6.04 Å². The fourth-order valence-corrected chi connectivity index (χ4v) is 2.02. The molecule has 0 amide bonds. The molecule has 0 bridgehead atoms. The normalized spacial score (nSPS) is 14.5. The first-order valence-electron chi connectivity index (χ1n) is 7.00. The molecule has 2 nitrogen and oxygen atoms in total. The van der Waals surface area contributed by atoms with Gasteiger partial charge in [0.05, 0.1) is 12.3 Å². The first-order valence-corrected chi connectivity index (χ1v) is 7.00. The Balaban J connectivity index is 2.12. The van der Waals surface area contributed by atoms with Gasteiger partial charge in [-0.05, 0) is 36.1 Å².